The molecule has 1 aliphatic rings. The minimum atomic E-state index is 1.07. The van der Waals surface area contributed by atoms with Crippen LogP contribution in [0.25, 0.3) is 65.7 Å². The van der Waals surface area contributed by atoms with E-state index in [0.29, 0.717) is 0 Å². The minimum absolute atomic E-state index is 1.07. The third-order valence-electron chi connectivity index (χ3n) is 12.4. The van der Waals surface area contributed by atoms with Crippen LogP contribution < -0.4 is 9.80 Å². The van der Waals surface area contributed by atoms with Gasteiger partial charge in [-0.05, 0) is 128 Å². The van der Waals surface area contributed by atoms with Crippen molar-refractivity contribution in [2.75, 3.05) is 9.80 Å². The van der Waals surface area contributed by atoms with E-state index in [1.807, 2.05) is 11.8 Å². The summed E-state index contributed by atoms with van der Waals surface area (Å²) in [6.07, 6.45) is 0. The molecule has 12 rings (SSSR count). The number of anilines is 6. The first-order valence-electron chi connectivity index (χ1n) is 21.5. The van der Waals surface area contributed by atoms with Crippen LogP contribution in [0.3, 0.4) is 0 Å². The Kier molecular flexibility index (Phi) is 9.13. The van der Waals surface area contributed by atoms with Crippen molar-refractivity contribution in [2.45, 2.75) is 9.79 Å². The topological polar surface area (TPSA) is 6.48 Å². The van der Waals surface area contributed by atoms with E-state index in [4.69, 9.17) is 0 Å². The van der Waals surface area contributed by atoms with Crippen LogP contribution in [-0.4, -0.2) is 0 Å². The summed E-state index contributed by atoms with van der Waals surface area (Å²) in [5.41, 5.74) is 13.9. The van der Waals surface area contributed by atoms with E-state index in [-0.39, 0.29) is 0 Å². The van der Waals surface area contributed by atoms with Crippen LogP contribution in [0, 0.1) is 0 Å². The number of rotatable bonds is 6. The lowest BCUT2D eigenvalue weighted by molar-refractivity contribution is 1.22. The standard InChI is InChI=1S/C60H40N2S/c1-3-17-41(18-4-1)54-39-48(37-44-21-7-9-25-50(44)54)61(49-38-45-22-8-10-26-51(45)55(40-49)42-19-5-2-6-20-42)46-33-35-47(36-34-46)62-56-29-12-11-27-52(56)53-28-15-23-43-24-16-32-59(60(43)53)63-58-31-14-13-30-57(58)62/h1-40H. The number of hydrogen-bond donors (Lipinski definition) is 0. The first-order chi connectivity index (χ1) is 31.2. The molecule has 1 aliphatic heterocycles. The van der Waals surface area contributed by atoms with Gasteiger partial charge in [-0.3, -0.25) is 0 Å². The van der Waals surface area contributed by atoms with Gasteiger partial charge in [-0.1, -0.05) is 182 Å². The summed E-state index contributed by atoms with van der Waals surface area (Å²) in [5, 5.41) is 7.38. The second kappa shape index (κ2) is 15.6. The molecule has 0 amide bonds. The van der Waals surface area contributed by atoms with Crippen LogP contribution in [0.5, 0.6) is 0 Å². The Morgan fingerprint density at radius 3 is 1.46 bits per heavy atom. The molecule has 11 aromatic carbocycles. The van der Waals surface area contributed by atoms with Crippen molar-refractivity contribution < 1.29 is 0 Å². The molecule has 0 saturated carbocycles. The third kappa shape index (κ3) is 6.53. The molecule has 0 spiro atoms. The summed E-state index contributed by atoms with van der Waals surface area (Å²) in [7, 11) is 0. The fourth-order valence-corrected chi connectivity index (χ4v) is 10.6. The molecule has 0 bridgehead atoms. The van der Waals surface area contributed by atoms with E-state index in [0.717, 1.165) is 34.1 Å². The monoisotopic (exact) mass is 820 g/mol. The summed E-state index contributed by atoms with van der Waals surface area (Å²) in [6, 6.07) is 88.7. The summed E-state index contributed by atoms with van der Waals surface area (Å²) in [6.45, 7) is 0. The van der Waals surface area contributed by atoms with Gasteiger partial charge in [-0.25, -0.2) is 0 Å². The number of para-hydroxylation sites is 2. The molecule has 0 unspecified atom stereocenters. The Morgan fingerprint density at radius 2 is 0.810 bits per heavy atom. The van der Waals surface area contributed by atoms with Crippen molar-refractivity contribution in [1.29, 1.82) is 0 Å². The highest BCUT2D eigenvalue weighted by molar-refractivity contribution is 7.99. The van der Waals surface area contributed by atoms with Crippen LogP contribution in [0.1, 0.15) is 0 Å². The fourth-order valence-electron chi connectivity index (χ4n) is 9.53. The molecule has 296 valence electrons. The molecule has 0 aromatic heterocycles. The smallest absolute Gasteiger partial charge is 0.0601 e. The van der Waals surface area contributed by atoms with E-state index >= 15 is 0 Å². The van der Waals surface area contributed by atoms with Gasteiger partial charge in [0.1, 0.15) is 0 Å². The number of hydrogen-bond acceptors (Lipinski definition) is 3. The first-order valence-corrected chi connectivity index (χ1v) is 22.3. The Labute approximate surface area is 372 Å². The molecule has 0 radical (unpaired) electrons. The molecular formula is C60H40N2S. The molecule has 1 heterocycles. The van der Waals surface area contributed by atoms with Crippen LogP contribution in [0.2, 0.25) is 0 Å². The van der Waals surface area contributed by atoms with E-state index in [2.05, 4.69) is 252 Å². The van der Waals surface area contributed by atoms with Gasteiger partial charge in [-0.2, -0.15) is 0 Å². The Morgan fingerprint density at radius 1 is 0.317 bits per heavy atom. The van der Waals surface area contributed by atoms with Gasteiger partial charge >= 0.3 is 0 Å². The molecule has 0 aliphatic carbocycles. The van der Waals surface area contributed by atoms with Gasteiger partial charge in [0, 0.05) is 43.5 Å². The maximum Gasteiger partial charge on any atom is 0.0601 e. The SMILES string of the molecule is c1ccc(-c2cc(N(c3ccc(N4c5ccccc5Sc5cccc6cccc(c56)-c5ccccc54)cc3)c3cc(-c4ccccc4)c4ccccc4c3)cc3ccccc23)cc1. The second-order valence-corrected chi connectivity index (χ2v) is 17.2. The highest BCUT2D eigenvalue weighted by Crippen LogP contribution is 2.51. The Balaban J connectivity index is 1.08. The van der Waals surface area contributed by atoms with Gasteiger partial charge in [0.25, 0.3) is 0 Å². The molecule has 0 fully saturated rings. The average molecular weight is 821 g/mol. The quantitative estimate of drug-likeness (QED) is 0.165. The zero-order valence-electron chi connectivity index (χ0n) is 34.4. The van der Waals surface area contributed by atoms with Crippen LogP contribution >= 0.6 is 11.8 Å². The summed E-state index contributed by atoms with van der Waals surface area (Å²) >= 11 is 1.84. The molecule has 3 heteroatoms. The summed E-state index contributed by atoms with van der Waals surface area (Å²) in [4.78, 5) is 7.35. The molecule has 0 saturated heterocycles. The summed E-state index contributed by atoms with van der Waals surface area (Å²) < 4.78 is 0. The Hall–Kier alpha value is -7.85. The van der Waals surface area contributed by atoms with E-state index in [1.54, 1.807) is 0 Å². The van der Waals surface area contributed by atoms with Crippen molar-refractivity contribution in [3.05, 3.63) is 243 Å². The van der Waals surface area contributed by atoms with Crippen LogP contribution in [0.15, 0.2) is 252 Å². The predicted octanol–water partition coefficient (Wildman–Crippen LogP) is 17.6. The fraction of sp³-hybridized carbons (Fsp3) is 0. The lowest BCUT2D eigenvalue weighted by Crippen LogP contribution is -2.13. The minimum Gasteiger partial charge on any atom is -0.310 e. The molecule has 63 heavy (non-hydrogen) atoms. The summed E-state index contributed by atoms with van der Waals surface area (Å²) in [5.74, 6) is 0. The average Bonchev–Trinajstić information content (AvgIpc) is 3.40. The lowest BCUT2D eigenvalue weighted by Gasteiger charge is -2.31. The highest BCUT2D eigenvalue weighted by atomic mass is 32.2. The maximum atomic E-state index is 2.45. The van der Waals surface area contributed by atoms with Crippen LogP contribution in [0.4, 0.5) is 34.1 Å². The highest BCUT2D eigenvalue weighted by Gasteiger charge is 2.25. The predicted molar refractivity (Wildman–Crippen MR) is 269 cm³/mol. The van der Waals surface area contributed by atoms with Crippen LogP contribution in [-0.2, 0) is 0 Å². The van der Waals surface area contributed by atoms with Gasteiger partial charge < -0.3 is 9.80 Å². The Bertz CT molecular complexity index is 3360. The molecule has 0 atom stereocenters. The maximum absolute atomic E-state index is 2.45. The van der Waals surface area contributed by atoms with Gasteiger partial charge in [0.05, 0.1) is 11.4 Å². The molecule has 2 nitrogen and oxygen atoms in total. The van der Waals surface area contributed by atoms with Crippen molar-refractivity contribution in [3.8, 4) is 33.4 Å². The zero-order chi connectivity index (χ0) is 41.7. The van der Waals surface area contributed by atoms with Crippen molar-refractivity contribution in [1.82, 2.24) is 0 Å². The molecule has 11 aromatic rings. The number of fused-ring (bicyclic) bond motifs is 5. The number of benzene rings is 11. The van der Waals surface area contributed by atoms with Gasteiger partial charge in [0.2, 0.25) is 0 Å². The molecule has 0 N–H and O–H groups in total. The molecular weight excluding hydrogens is 781 g/mol. The largest absolute Gasteiger partial charge is 0.310 e. The van der Waals surface area contributed by atoms with Crippen molar-refractivity contribution >= 4 is 78.2 Å². The zero-order valence-corrected chi connectivity index (χ0v) is 35.2. The van der Waals surface area contributed by atoms with Gasteiger partial charge in [0.15, 0.2) is 0 Å². The van der Waals surface area contributed by atoms with Crippen molar-refractivity contribution in [2.24, 2.45) is 0 Å². The van der Waals surface area contributed by atoms with E-state index in [9.17, 15) is 0 Å². The van der Waals surface area contributed by atoms with Gasteiger partial charge in [-0.15, -0.1) is 0 Å². The normalized spacial score (nSPS) is 12.0. The van der Waals surface area contributed by atoms with E-state index < -0.39 is 0 Å². The lowest BCUT2D eigenvalue weighted by atomic mass is 9.95. The first kappa shape index (κ1) is 37.0. The van der Waals surface area contributed by atoms with E-state index in [1.165, 1.54) is 75.5 Å². The third-order valence-corrected chi connectivity index (χ3v) is 13.5. The number of nitrogens with zero attached hydrogens (tertiary/aromatic N) is 2. The van der Waals surface area contributed by atoms with Crippen molar-refractivity contribution in [3.63, 3.8) is 0 Å². The second-order valence-electron chi connectivity index (χ2n) is 16.1.